The lowest BCUT2D eigenvalue weighted by molar-refractivity contribution is -0.892. The molecule has 2 N–H and O–H groups in total. The lowest BCUT2D eigenvalue weighted by Gasteiger charge is -2.31. The van der Waals surface area contributed by atoms with Gasteiger partial charge >= 0.3 is 0 Å². The Morgan fingerprint density at radius 1 is 1.17 bits per heavy atom. The van der Waals surface area contributed by atoms with Gasteiger partial charge in [-0.1, -0.05) is 25.1 Å². The van der Waals surface area contributed by atoms with E-state index in [-0.39, 0.29) is 5.91 Å². The van der Waals surface area contributed by atoms with Gasteiger partial charge in [-0.3, -0.25) is 4.79 Å². The average molecular weight is 326 g/mol. The number of aromatic nitrogens is 2. The predicted molar refractivity (Wildman–Crippen MR) is 94.3 cm³/mol. The summed E-state index contributed by atoms with van der Waals surface area (Å²) in [7, 11) is 0. The highest BCUT2D eigenvalue weighted by Gasteiger charge is 2.23. The SMILES string of the molecule is CCc1ccccc1NC(=O)C[NH+]1CCN(c2ncccn2)CC1. The molecule has 6 heteroatoms. The summed E-state index contributed by atoms with van der Waals surface area (Å²) < 4.78 is 0. The number of nitrogens with one attached hydrogen (secondary N) is 2. The van der Waals surface area contributed by atoms with E-state index in [1.807, 2.05) is 24.3 Å². The summed E-state index contributed by atoms with van der Waals surface area (Å²) in [6.45, 7) is 6.18. The molecule has 1 amide bonds. The zero-order valence-electron chi connectivity index (χ0n) is 14.0. The Morgan fingerprint density at radius 2 is 1.88 bits per heavy atom. The van der Waals surface area contributed by atoms with Crippen LogP contribution in [-0.4, -0.2) is 48.6 Å². The Morgan fingerprint density at radius 3 is 2.58 bits per heavy atom. The van der Waals surface area contributed by atoms with Crippen LogP contribution in [0.25, 0.3) is 0 Å². The second-order valence-corrected chi connectivity index (χ2v) is 6.02. The third-order valence-corrected chi connectivity index (χ3v) is 4.39. The Balaban J connectivity index is 1.50. The molecule has 24 heavy (non-hydrogen) atoms. The maximum Gasteiger partial charge on any atom is 0.279 e. The van der Waals surface area contributed by atoms with Gasteiger partial charge in [0.05, 0.1) is 26.2 Å². The van der Waals surface area contributed by atoms with Gasteiger partial charge in [-0.15, -0.1) is 0 Å². The van der Waals surface area contributed by atoms with E-state index in [4.69, 9.17) is 0 Å². The van der Waals surface area contributed by atoms with E-state index in [0.29, 0.717) is 6.54 Å². The van der Waals surface area contributed by atoms with Crippen LogP contribution < -0.4 is 15.1 Å². The molecule has 1 fully saturated rings. The van der Waals surface area contributed by atoms with Crippen molar-refractivity contribution < 1.29 is 9.69 Å². The number of piperazine rings is 1. The second kappa shape index (κ2) is 7.88. The summed E-state index contributed by atoms with van der Waals surface area (Å²) in [5.74, 6) is 0.855. The normalized spacial score (nSPS) is 15.3. The molecule has 1 aliphatic heterocycles. The molecule has 6 nitrogen and oxygen atoms in total. The van der Waals surface area contributed by atoms with Crippen molar-refractivity contribution in [1.82, 2.24) is 9.97 Å². The first-order chi connectivity index (χ1) is 11.8. The molecule has 1 aromatic heterocycles. The van der Waals surface area contributed by atoms with Gasteiger partial charge < -0.3 is 15.1 Å². The van der Waals surface area contributed by atoms with E-state index in [2.05, 4.69) is 33.2 Å². The minimum Gasteiger partial charge on any atom is -0.330 e. The number of para-hydroxylation sites is 1. The highest BCUT2D eigenvalue weighted by Crippen LogP contribution is 2.14. The van der Waals surface area contributed by atoms with Gasteiger partial charge in [0.1, 0.15) is 0 Å². The number of quaternary nitrogens is 1. The van der Waals surface area contributed by atoms with Crippen LogP contribution in [0, 0.1) is 0 Å². The van der Waals surface area contributed by atoms with Crippen LogP contribution in [0.2, 0.25) is 0 Å². The van der Waals surface area contributed by atoms with E-state index < -0.39 is 0 Å². The fraction of sp³-hybridized carbons (Fsp3) is 0.389. The van der Waals surface area contributed by atoms with Gasteiger partial charge in [-0.25, -0.2) is 9.97 Å². The predicted octanol–water partition coefficient (Wildman–Crippen LogP) is 0.383. The molecule has 126 valence electrons. The zero-order chi connectivity index (χ0) is 16.8. The molecule has 0 radical (unpaired) electrons. The van der Waals surface area contributed by atoms with E-state index >= 15 is 0 Å². The number of aryl methyl sites for hydroxylation is 1. The largest absolute Gasteiger partial charge is 0.330 e. The number of rotatable bonds is 5. The maximum atomic E-state index is 12.3. The Bertz CT molecular complexity index is 668. The first-order valence-corrected chi connectivity index (χ1v) is 8.49. The van der Waals surface area contributed by atoms with Crippen molar-refractivity contribution in [3.63, 3.8) is 0 Å². The first kappa shape index (κ1) is 16.4. The van der Waals surface area contributed by atoms with Crippen molar-refractivity contribution in [1.29, 1.82) is 0 Å². The molecule has 0 aliphatic carbocycles. The Hall–Kier alpha value is -2.47. The lowest BCUT2D eigenvalue weighted by atomic mass is 10.1. The lowest BCUT2D eigenvalue weighted by Crippen LogP contribution is -3.15. The van der Waals surface area contributed by atoms with Crippen molar-refractivity contribution >= 4 is 17.5 Å². The van der Waals surface area contributed by atoms with Crippen LogP contribution in [0.4, 0.5) is 11.6 Å². The molecular weight excluding hydrogens is 302 g/mol. The molecule has 0 spiro atoms. The molecular formula is C18H24N5O+. The third kappa shape index (κ3) is 4.08. The zero-order valence-corrected chi connectivity index (χ0v) is 14.0. The number of hydrogen-bond donors (Lipinski definition) is 2. The molecule has 0 bridgehead atoms. The van der Waals surface area contributed by atoms with Gasteiger partial charge in [0.15, 0.2) is 6.54 Å². The number of anilines is 2. The fourth-order valence-electron chi connectivity index (χ4n) is 3.03. The highest BCUT2D eigenvalue weighted by atomic mass is 16.2. The molecule has 1 saturated heterocycles. The van der Waals surface area contributed by atoms with Crippen molar-refractivity contribution in [2.45, 2.75) is 13.3 Å². The van der Waals surface area contributed by atoms with Gasteiger partial charge in [-0.05, 0) is 24.1 Å². The Labute approximate surface area is 142 Å². The van der Waals surface area contributed by atoms with E-state index in [9.17, 15) is 4.79 Å². The summed E-state index contributed by atoms with van der Waals surface area (Å²) in [6, 6.07) is 9.81. The number of carbonyl (C=O) groups excluding carboxylic acids is 1. The summed E-state index contributed by atoms with van der Waals surface area (Å²) in [4.78, 5) is 24.4. The van der Waals surface area contributed by atoms with E-state index in [1.165, 1.54) is 10.5 Å². The van der Waals surface area contributed by atoms with Crippen LogP contribution >= 0.6 is 0 Å². The quantitative estimate of drug-likeness (QED) is 0.834. The molecule has 2 aromatic rings. The highest BCUT2D eigenvalue weighted by molar-refractivity contribution is 5.92. The molecule has 1 aromatic carbocycles. The van der Waals surface area contributed by atoms with Crippen molar-refractivity contribution in [2.24, 2.45) is 0 Å². The van der Waals surface area contributed by atoms with Crippen LogP contribution in [0.5, 0.6) is 0 Å². The molecule has 3 rings (SSSR count). The summed E-state index contributed by atoms with van der Waals surface area (Å²) in [6.07, 6.45) is 4.44. The second-order valence-electron chi connectivity index (χ2n) is 6.02. The fourth-order valence-corrected chi connectivity index (χ4v) is 3.03. The molecule has 1 aliphatic rings. The van der Waals surface area contributed by atoms with Gasteiger partial charge in [0, 0.05) is 18.1 Å². The monoisotopic (exact) mass is 326 g/mol. The number of carbonyl (C=O) groups is 1. The number of nitrogens with zero attached hydrogens (tertiary/aromatic N) is 3. The standard InChI is InChI=1S/C18H23N5O/c1-2-15-6-3-4-7-16(15)21-17(24)14-22-10-12-23(13-11-22)18-19-8-5-9-20-18/h3-9H,2,10-14H2,1H3,(H,21,24)/p+1. The summed E-state index contributed by atoms with van der Waals surface area (Å²) in [5.41, 5.74) is 2.10. The minimum atomic E-state index is 0.0790. The third-order valence-electron chi connectivity index (χ3n) is 4.39. The molecule has 0 unspecified atom stereocenters. The van der Waals surface area contributed by atoms with Crippen LogP contribution in [0.3, 0.4) is 0 Å². The Kier molecular flexibility index (Phi) is 5.38. The van der Waals surface area contributed by atoms with Crippen LogP contribution in [0.15, 0.2) is 42.7 Å². The van der Waals surface area contributed by atoms with Crippen LogP contribution in [-0.2, 0) is 11.2 Å². The van der Waals surface area contributed by atoms with Crippen LogP contribution in [0.1, 0.15) is 12.5 Å². The maximum absolute atomic E-state index is 12.3. The number of hydrogen-bond acceptors (Lipinski definition) is 4. The van der Waals surface area contributed by atoms with Gasteiger partial charge in [-0.2, -0.15) is 0 Å². The number of benzene rings is 1. The smallest absolute Gasteiger partial charge is 0.279 e. The number of amides is 1. The molecule has 0 atom stereocenters. The van der Waals surface area contributed by atoms with Crippen molar-refractivity contribution in [3.05, 3.63) is 48.3 Å². The van der Waals surface area contributed by atoms with Crippen molar-refractivity contribution in [3.8, 4) is 0 Å². The first-order valence-electron chi connectivity index (χ1n) is 8.49. The van der Waals surface area contributed by atoms with E-state index in [0.717, 1.165) is 44.2 Å². The minimum absolute atomic E-state index is 0.0790. The summed E-state index contributed by atoms with van der Waals surface area (Å²) >= 11 is 0. The van der Waals surface area contributed by atoms with Crippen molar-refractivity contribution in [2.75, 3.05) is 42.9 Å². The topological polar surface area (TPSA) is 62.6 Å². The molecule has 0 saturated carbocycles. The van der Waals surface area contributed by atoms with E-state index in [1.54, 1.807) is 12.4 Å². The van der Waals surface area contributed by atoms with Gasteiger partial charge in [0.25, 0.3) is 5.91 Å². The molecule has 2 heterocycles. The average Bonchev–Trinajstić information content (AvgIpc) is 2.63. The van der Waals surface area contributed by atoms with Gasteiger partial charge in [0.2, 0.25) is 5.95 Å². The summed E-state index contributed by atoms with van der Waals surface area (Å²) in [5, 5.41) is 3.05.